The third-order valence-electron chi connectivity index (χ3n) is 1.51. The largest absolute Gasteiger partial charge is 0.492 e. The van der Waals surface area contributed by atoms with Crippen molar-refractivity contribution in [3.05, 3.63) is 22.2 Å². The van der Waals surface area contributed by atoms with Crippen LogP contribution in [0.2, 0.25) is 0 Å². The van der Waals surface area contributed by atoms with Crippen LogP contribution < -0.4 is 4.74 Å². The van der Waals surface area contributed by atoms with Crippen molar-refractivity contribution in [3.63, 3.8) is 0 Å². The van der Waals surface area contributed by atoms with E-state index in [0.29, 0.717) is 4.47 Å². The molecule has 0 aromatic heterocycles. The smallest absolute Gasteiger partial charge is 0.202 e. The number of methoxy groups -OCH3 is 1. The van der Waals surface area contributed by atoms with Gasteiger partial charge >= 0.3 is 0 Å². The lowest BCUT2D eigenvalue weighted by atomic mass is 10.3. The lowest BCUT2D eigenvalue weighted by Gasteiger charge is -2.07. The maximum atomic E-state index is 13.2. The van der Waals surface area contributed by atoms with Gasteiger partial charge in [0.25, 0.3) is 0 Å². The second-order valence-electron chi connectivity index (χ2n) is 2.22. The summed E-state index contributed by atoms with van der Waals surface area (Å²) in [5.41, 5.74) is 0. The first-order valence-electron chi connectivity index (χ1n) is 3.37. The Morgan fingerprint density at radius 1 is 1.38 bits per heavy atom. The van der Waals surface area contributed by atoms with Crippen LogP contribution in [-0.2, 0) is 0 Å². The summed E-state index contributed by atoms with van der Waals surface area (Å²) in [4.78, 5) is 0.255. The number of thioether (sulfide) groups is 1. The van der Waals surface area contributed by atoms with Crippen LogP contribution in [-0.4, -0.2) is 13.4 Å². The summed E-state index contributed by atoms with van der Waals surface area (Å²) in [5, 5.41) is 0. The molecule has 0 amide bonds. The zero-order valence-electron chi connectivity index (χ0n) is 7.03. The number of benzene rings is 1. The zero-order valence-corrected chi connectivity index (χ0v) is 9.43. The van der Waals surface area contributed by atoms with E-state index in [-0.39, 0.29) is 10.6 Å². The van der Waals surface area contributed by atoms with E-state index in [9.17, 15) is 8.78 Å². The summed E-state index contributed by atoms with van der Waals surface area (Å²) in [6.07, 6.45) is 1.68. The molecular formula is C8H7BrF2OS. The quantitative estimate of drug-likeness (QED) is 0.600. The average molecular weight is 269 g/mol. The van der Waals surface area contributed by atoms with Crippen molar-refractivity contribution in [2.75, 3.05) is 13.4 Å². The van der Waals surface area contributed by atoms with Crippen molar-refractivity contribution >= 4 is 27.7 Å². The fourth-order valence-electron chi connectivity index (χ4n) is 0.892. The fraction of sp³-hybridized carbons (Fsp3) is 0.250. The molecule has 0 bridgehead atoms. The molecule has 0 spiro atoms. The van der Waals surface area contributed by atoms with Crippen LogP contribution in [0, 0.1) is 11.6 Å². The predicted molar refractivity (Wildman–Crippen MR) is 52.4 cm³/mol. The minimum absolute atomic E-state index is 0.102. The van der Waals surface area contributed by atoms with Crippen LogP contribution >= 0.6 is 27.7 Å². The Hall–Kier alpha value is -0.290. The van der Waals surface area contributed by atoms with Crippen LogP contribution in [0.15, 0.2) is 15.4 Å². The van der Waals surface area contributed by atoms with E-state index in [0.717, 1.165) is 11.8 Å². The Labute approximate surface area is 87.6 Å². The Balaban J connectivity index is 3.37. The third kappa shape index (κ3) is 1.96. The van der Waals surface area contributed by atoms with Gasteiger partial charge in [0, 0.05) is 4.90 Å². The van der Waals surface area contributed by atoms with Crippen LogP contribution in [0.4, 0.5) is 8.78 Å². The van der Waals surface area contributed by atoms with Gasteiger partial charge in [-0.2, -0.15) is 4.39 Å². The lowest BCUT2D eigenvalue weighted by molar-refractivity contribution is 0.365. The molecule has 0 saturated carbocycles. The molecule has 1 aromatic carbocycles. The molecule has 0 N–H and O–H groups in total. The van der Waals surface area contributed by atoms with Gasteiger partial charge in [-0.25, -0.2) is 4.39 Å². The van der Waals surface area contributed by atoms with Gasteiger partial charge in [-0.3, -0.25) is 0 Å². The van der Waals surface area contributed by atoms with E-state index in [2.05, 4.69) is 20.7 Å². The molecule has 1 nitrogen and oxygen atoms in total. The fourth-order valence-corrected chi connectivity index (χ4v) is 2.11. The first-order chi connectivity index (χ1) is 6.11. The highest BCUT2D eigenvalue weighted by Crippen LogP contribution is 2.34. The number of halogens is 3. The molecule has 0 fully saturated rings. The summed E-state index contributed by atoms with van der Waals surface area (Å²) in [6.45, 7) is 0. The minimum Gasteiger partial charge on any atom is -0.492 e. The SMILES string of the molecule is COc1c(Br)cc(SC)c(F)c1F. The molecule has 1 rings (SSSR count). The predicted octanol–water partition coefficient (Wildman–Crippen LogP) is 3.46. The van der Waals surface area contributed by atoms with Crippen molar-refractivity contribution in [1.82, 2.24) is 0 Å². The molecule has 0 unspecified atom stereocenters. The van der Waals surface area contributed by atoms with E-state index in [1.54, 1.807) is 6.26 Å². The second kappa shape index (κ2) is 4.28. The standard InChI is InChI=1S/C8H7BrF2OS/c1-12-8-4(9)3-5(13-2)6(10)7(8)11/h3H,1-2H3. The molecule has 0 saturated heterocycles. The number of hydrogen-bond donors (Lipinski definition) is 0. The molecule has 0 radical (unpaired) electrons. The zero-order chi connectivity index (χ0) is 10.0. The van der Waals surface area contributed by atoms with Crippen LogP contribution in [0.5, 0.6) is 5.75 Å². The minimum atomic E-state index is -0.957. The van der Waals surface area contributed by atoms with Gasteiger partial charge in [0.15, 0.2) is 11.6 Å². The van der Waals surface area contributed by atoms with E-state index in [1.807, 2.05) is 0 Å². The van der Waals surface area contributed by atoms with Crippen molar-refractivity contribution in [3.8, 4) is 5.75 Å². The van der Waals surface area contributed by atoms with Crippen molar-refractivity contribution < 1.29 is 13.5 Å². The van der Waals surface area contributed by atoms with E-state index in [1.165, 1.54) is 13.2 Å². The van der Waals surface area contributed by atoms with Gasteiger partial charge in [-0.05, 0) is 28.3 Å². The van der Waals surface area contributed by atoms with Crippen molar-refractivity contribution in [1.29, 1.82) is 0 Å². The Kier molecular flexibility index (Phi) is 3.55. The molecule has 13 heavy (non-hydrogen) atoms. The van der Waals surface area contributed by atoms with E-state index >= 15 is 0 Å². The monoisotopic (exact) mass is 268 g/mol. The van der Waals surface area contributed by atoms with E-state index in [4.69, 9.17) is 0 Å². The average Bonchev–Trinajstić information content (AvgIpc) is 2.12. The molecule has 0 atom stereocenters. The van der Waals surface area contributed by atoms with Gasteiger partial charge in [0.2, 0.25) is 5.82 Å². The normalized spacial score (nSPS) is 10.2. The highest BCUT2D eigenvalue weighted by atomic mass is 79.9. The van der Waals surface area contributed by atoms with Gasteiger partial charge in [-0.1, -0.05) is 0 Å². The van der Waals surface area contributed by atoms with Crippen LogP contribution in [0.1, 0.15) is 0 Å². The first-order valence-corrected chi connectivity index (χ1v) is 5.39. The molecular weight excluding hydrogens is 262 g/mol. The molecule has 72 valence electrons. The number of ether oxygens (including phenoxy) is 1. The number of hydrogen-bond acceptors (Lipinski definition) is 2. The second-order valence-corrected chi connectivity index (χ2v) is 3.92. The summed E-state index contributed by atoms with van der Waals surface area (Å²) >= 11 is 4.23. The Bertz CT molecular complexity index is 330. The summed E-state index contributed by atoms with van der Waals surface area (Å²) in [5.74, 6) is -1.93. The maximum absolute atomic E-state index is 13.2. The third-order valence-corrected chi connectivity index (χ3v) is 2.83. The molecule has 0 aliphatic heterocycles. The summed E-state index contributed by atoms with van der Waals surface area (Å²) < 4.78 is 31.4. The topological polar surface area (TPSA) is 9.23 Å². The van der Waals surface area contributed by atoms with Gasteiger partial charge in [-0.15, -0.1) is 11.8 Å². The molecule has 0 heterocycles. The van der Waals surface area contributed by atoms with E-state index < -0.39 is 11.6 Å². The van der Waals surface area contributed by atoms with Crippen LogP contribution in [0.3, 0.4) is 0 Å². The summed E-state index contributed by atoms with van der Waals surface area (Å²) in [7, 11) is 1.29. The van der Waals surface area contributed by atoms with Gasteiger partial charge in [0.05, 0.1) is 11.6 Å². The molecule has 0 aliphatic rings. The number of rotatable bonds is 2. The Morgan fingerprint density at radius 3 is 2.46 bits per heavy atom. The maximum Gasteiger partial charge on any atom is 0.202 e. The lowest BCUT2D eigenvalue weighted by Crippen LogP contribution is -1.95. The molecule has 1 aromatic rings. The molecule has 0 aliphatic carbocycles. The van der Waals surface area contributed by atoms with Crippen molar-refractivity contribution in [2.45, 2.75) is 4.90 Å². The highest BCUT2D eigenvalue weighted by Gasteiger charge is 2.17. The van der Waals surface area contributed by atoms with Crippen LogP contribution in [0.25, 0.3) is 0 Å². The molecule has 5 heteroatoms. The van der Waals surface area contributed by atoms with Gasteiger partial charge < -0.3 is 4.74 Å². The van der Waals surface area contributed by atoms with Gasteiger partial charge in [0.1, 0.15) is 0 Å². The Morgan fingerprint density at radius 2 is 2.00 bits per heavy atom. The highest BCUT2D eigenvalue weighted by molar-refractivity contribution is 9.10. The summed E-state index contributed by atoms with van der Waals surface area (Å²) in [6, 6.07) is 1.49. The first kappa shape index (κ1) is 10.8. The van der Waals surface area contributed by atoms with Crippen molar-refractivity contribution in [2.24, 2.45) is 0 Å².